The summed E-state index contributed by atoms with van der Waals surface area (Å²) in [5.41, 5.74) is 1.93. The van der Waals surface area contributed by atoms with E-state index in [0.717, 1.165) is 21.3 Å². The molecule has 0 aliphatic carbocycles. The molecule has 3 aromatic rings. The second-order valence-corrected chi connectivity index (χ2v) is 5.49. The molecular weight excluding hydrogens is 321 g/mol. The van der Waals surface area contributed by atoms with E-state index in [9.17, 15) is 4.39 Å². The van der Waals surface area contributed by atoms with Crippen LogP contribution in [0, 0.1) is 5.82 Å². The third kappa shape index (κ3) is 2.31. The molecule has 2 nitrogen and oxygen atoms in total. The van der Waals surface area contributed by atoms with Crippen molar-refractivity contribution in [3.05, 3.63) is 64.5 Å². The Morgan fingerprint density at radius 2 is 2.05 bits per heavy atom. The molecule has 1 aromatic heterocycles. The van der Waals surface area contributed by atoms with E-state index in [1.165, 1.54) is 6.07 Å². The third-order valence-corrected chi connectivity index (χ3v) is 3.84. The molecule has 3 rings (SSSR count). The molecule has 0 saturated carbocycles. The number of aromatic nitrogens is 1. The molecule has 0 aliphatic rings. The zero-order chi connectivity index (χ0) is 14.1. The molecule has 2 aromatic carbocycles. The predicted octanol–water partition coefficient (Wildman–Crippen LogP) is 4.60. The van der Waals surface area contributed by atoms with Crippen LogP contribution in [-0.4, -0.2) is 11.7 Å². The van der Waals surface area contributed by atoms with E-state index in [2.05, 4.69) is 15.9 Å². The van der Waals surface area contributed by atoms with Crippen LogP contribution in [0.25, 0.3) is 10.9 Å². The van der Waals surface area contributed by atoms with E-state index in [1.54, 1.807) is 19.2 Å². The SMILES string of the molecule is COc1ccc(Br)cc1Cn1ccc2c(F)cccc21. The molecule has 0 fully saturated rings. The Morgan fingerprint density at radius 3 is 2.85 bits per heavy atom. The fraction of sp³-hybridized carbons (Fsp3) is 0.125. The Labute approximate surface area is 124 Å². The minimum Gasteiger partial charge on any atom is -0.496 e. The van der Waals surface area contributed by atoms with Crippen molar-refractivity contribution < 1.29 is 9.13 Å². The van der Waals surface area contributed by atoms with Crippen molar-refractivity contribution >= 4 is 26.8 Å². The molecular formula is C16H13BrFNO. The summed E-state index contributed by atoms with van der Waals surface area (Å²) in [6.45, 7) is 0.634. The van der Waals surface area contributed by atoms with E-state index in [0.29, 0.717) is 11.9 Å². The van der Waals surface area contributed by atoms with Crippen LogP contribution >= 0.6 is 15.9 Å². The zero-order valence-electron chi connectivity index (χ0n) is 10.9. The highest BCUT2D eigenvalue weighted by Crippen LogP contribution is 2.26. The number of methoxy groups -OCH3 is 1. The van der Waals surface area contributed by atoms with Gasteiger partial charge in [-0.3, -0.25) is 0 Å². The monoisotopic (exact) mass is 333 g/mol. The van der Waals surface area contributed by atoms with Gasteiger partial charge in [0.15, 0.2) is 0 Å². The lowest BCUT2D eigenvalue weighted by Crippen LogP contribution is -2.00. The highest BCUT2D eigenvalue weighted by molar-refractivity contribution is 9.10. The van der Waals surface area contributed by atoms with Gasteiger partial charge >= 0.3 is 0 Å². The van der Waals surface area contributed by atoms with Crippen LogP contribution in [-0.2, 0) is 6.54 Å². The maximum atomic E-state index is 13.7. The number of fused-ring (bicyclic) bond motifs is 1. The topological polar surface area (TPSA) is 14.2 Å². The summed E-state index contributed by atoms with van der Waals surface area (Å²) in [5, 5.41) is 0.640. The van der Waals surface area contributed by atoms with Crippen LogP contribution < -0.4 is 4.74 Å². The van der Waals surface area contributed by atoms with Crippen molar-refractivity contribution in [1.82, 2.24) is 4.57 Å². The summed E-state index contributed by atoms with van der Waals surface area (Å²) in [6, 6.07) is 12.8. The Balaban J connectivity index is 2.06. The maximum absolute atomic E-state index is 13.7. The average Bonchev–Trinajstić information content (AvgIpc) is 2.84. The summed E-state index contributed by atoms with van der Waals surface area (Å²) in [5.74, 6) is 0.633. The lowest BCUT2D eigenvalue weighted by molar-refractivity contribution is 0.408. The Hall–Kier alpha value is -1.81. The van der Waals surface area contributed by atoms with E-state index in [-0.39, 0.29) is 5.82 Å². The normalized spacial score (nSPS) is 10.9. The molecule has 0 radical (unpaired) electrons. The van der Waals surface area contributed by atoms with Gasteiger partial charge in [-0.25, -0.2) is 4.39 Å². The molecule has 0 atom stereocenters. The van der Waals surface area contributed by atoms with Crippen LogP contribution in [0.4, 0.5) is 4.39 Å². The molecule has 0 spiro atoms. The molecule has 0 unspecified atom stereocenters. The standard InChI is InChI=1S/C16H13BrFNO/c1-20-16-6-5-12(17)9-11(16)10-19-8-7-13-14(18)3-2-4-15(13)19/h2-9H,10H2,1H3. The second-order valence-electron chi connectivity index (χ2n) is 4.57. The van der Waals surface area contributed by atoms with Gasteiger partial charge in [0.05, 0.1) is 19.2 Å². The lowest BCUT2D eigenvalue weighted by atomic mass is 10.2. The van der Waals surface area contributed by atoms with Crippen molar-refractivity contribution in [2.24, 2.45) is 0 Å². The highest BCUT2D eigenvalue weighted by Gasteiger charge is 2.09. The van der Waals surface area contributed by atoms with Crippen molar-refractivity contribution in [2.45, 2.75) is 6.54 Å². The van der Waals surface area contributed by atoms with Gasteiger partial charge in [0, 0.05) is 21.6 Å². The van der Waals surface area contributed by atoms with E-state index in [4.69, 9.17) is 4.74 Å². The van der Waals surface area contributed by atoms with Gasteiger partial charge in [0.25, 0.3) is 0 Å². The van der Waals surface area contributed by atoms with Crippen LogP contribution in [0.2, 0.25) is 0 Å². The van der Waals surface area contributed by atoms with Gasteiger partial charge in [0.2, 0.25) is 0 Å². The number of hydrogen-bond acceptors (Lipinski definition) is 1. The van der Waals surface area contributed by atoms with Gasteiger partial charge in [-0.05, 0) is 36.4 Å². The van der Waals surface area contributed by atoms with Gasteiger partial charge < -0.3 is 9.30 Å². The second kappa shape index (κ2) is 5.29. The molecule has 0 bridgehead atoms. The molecule has 4 heteroatoms. The summed E-state index contributed by atoms with van der Waals surface area (Å²) in [4.78, 5) is 0. The summed E-state index contributed by atoms with van der Waals surface area (Å²) in [7, 11) is 1.65. The maximum Gasteiger partial charge on any atom is 0.132 e. The van der Waals surface area contributed by atoms with Crippen LogP contribution in [0.1, 0.15) is 5.56 Å². The number of benzene rings is 2. The van der Waals surface area contributed by atoms with Gasteiger partial charge in [0.1, 0.15) is 11.6 Å². The van der Waals surface area contributed by atoms with Crippen LogP contribution in [0.15, 0.2) is 53.1 Å². The number of halogens is 2. The molecule has 102 valence electrons. The third-order valence-electron chi connectivity index (χ3n) is 3.34. The summed E-state index contributed by atoms with van der Waals surface area (Å²) < 4.78 is 22.1. The first-order valence-corrected chi connectivity index (χ1v) is 7.04. The predicted molar refractivity (Wildman–Crippen MR) is 81.7 cm³/mol. The number of ether oxygens (including phenoxy) is 1. The largest absolute Gasteiger partial charge is 0.496 e. The van der Waals surface area contributed by atoms with Gasteiger partial charge in [-0.1, -0.05) is 22.0 Å². The fourth-order valence-electron chi connectivity index (χ4n) is 2.38. The quantitative estimate of drug-likeness (QED) is 0.683. The van der Waals surface area contributed by atoms with E-state index >= 15 is 0 Å². The molecule has 1 heterocycles. The van der Waals surface area contributed by atoms with Crippen molar-refractivity contribution in [1.29, 1.82) is 0 Å². The summed E-state index contributed by atoms with van der Waals surface area (Å²) in [6.07, 6.45) is 1.90. The molecule has 0 amide bonds. The molecule has 0 N–H and O–H groups in total. The number of hydrogen-bond donors (Lipinski definition) is 0. The highest BCUT2D eigenvalue weighted by atomic mass is 79.9. The number of rotatable bonds is 3. The summed E-state index contributed by atoms with van der Waals surface area (Å²) >= 11 is 3.47. The molecule has 0 saturated heterocycles. The van der Waals surface area contributed by atoms with E-state index < -0.39 is 0 Å². The Bertz CT molecular complexity index is 766. The average molecular weight is 334 g/mol. The zero-order valence-corrected chi connectivity index (χ0v) is 12.5. The van der Waals surface area contributed by atoms with Gasteiger partial charge in [-0.2, -0.15) is 0 Å². The van der Waals surface area contributed by atoms with Crippen molar-refractivity contribution in [3.63, 3.8) is 0 Å². The minimum absolute atomic E-state index is 0.192. The van der Waals surface area contributed by atoms with Crippen molar-refractivity contribution in [2.75, 3.05) is 7.11 Å². The molecule has 0 aliphatic heterocycles. The lowest BCUT2D eigenvalue weighted by Gasteiger charge is -2.11. The number of nitrogens with zero attached hydrogens (tertiary/aromatic N) is 1. The minimum atomic E-state index is -0.192. The van der Waals surface area contributed by atoms with Crippen LogP contribution in [0.3, 0.4) is 0 Å². The first-order chi connectivity index (χ1) is 9.69. The van der Waals surface area contributed by atoms with Gasteiger partial charge in [-0.15, -0.1) is 0 Å². The Morgan fingerprint density at radius 1 is 1.20 bits per heavy atom. The smallest absolute Gasteiger partial charge is 0.132 e. The first-order valence-electron chi connectivity index (χ1n) is 6.25. The van der Waals surface area contributed by atoms with E-state index in [1.807, 2.05) is 35.0 Å². The van der Waals surface area contributed by atoms with Crippen molar-refractivity contribution in [3.8, 4) is 5.75 Å². The first kappa shape index (κ1) is 13.2. The van der Waals surface area contributed by atoms with Crippen LogP contribution in [0.5, 0.6) is 5.75 Å². The Kier molecular flexibility index (Phi) is 3.49. The fourth-order valence-corrected chi connectivity index (χ4v) is 2.79. The molecule has 20 heavy (non-hydrogen) atoms.